The number of thiophene rings is 1. The minimum absolute atomic E-state index is 0.0236. The molecule has 2 N–H and O–H groups in total. The fourth-order valence-electron chi connectivity index (χ4n) is 1.40. The third kappa shape index (κ3) is 3.75. The van der Waals surface area contributed by atoms with E-state index in [9.17, 15) is 13.2 Å². The van der Waals surface area contributed by atoms with E-state index in [1.807, 2.05) is 0 Å². The quantitative estimate of drug-likeness (QED) is 0.759. The maximum Gasteiger partial charge on any atom is 0.349 e. The van der Waals surface area contributed by atoms with Gasteiger partial charge in [-0.1, -0.05) is 13.8 Å². The number of esters is 1. The largest absolute Gasteiger partial charge is 0.465 e. The lowest BCUT2D eigenvalue weighted by molar-refractivity contribution is 0.0602. The Balaban J connectivity index is 3.08. The fourth-order valence-corrected chi connectivity index (χ4v) is 4.11. The molecule has 1 rings (SSSR count). The Hall–Kier alpha value is -0.960. The molecule has 0 aliphatic carbocycles. The molecule has 0 unspecified atom stereocenters. The number of ether oxygens (including phenoxy) is 1. The Kier molecular flexibility index (Phi) is 5.48. The molecule has 0 saturated heterocycles. The van der Waals surface area contributed by atoms with E-state index < -0.39 is 22.0 Å². The molecule has 1 aromatic heterocycles. The van der Waals surface area contributed by atoms with Gasteiger partial charge in [-0.15, -0.1) is 11.3 Å². The molecule has 1 aromatic rings. The van der Waals surface area contributed by atoms with E-state index in [2.05, 4.69) is 9.46 Å². The lowest BCUT2D eigenvalue weighted by Gasteiger charge is -2.19. The van der Waals surface area contributed by atoms with Crippen LogP contribution in [-0.2, 0) is 14.8 Å². The Morgan fingerprint density at radius 1 is 1.53 bits per heavy atom. The van der Waals surface area contributed by atoms with Crippen molar-refractivity contribution in [2.24, 2.45) is 5.92 Å². The summed E-state index contributed by atoms with van der Waals surface area (Å²) in [5, 5.41) is 10.7. The molecule has 0 fully saturated rings. The topological polar surface area (TPSA) is 92.7 Å². The van der Waals surface area contributed by atoms with E-state index in [1.165, 1.54) is 18.6 Å². The highest BCUT2D eigenvalue weighted by molar-refractivity contribution is 7.89. The van der Waals surface area contributed by atoms with Gasteiger partial charge < -0.3 is 9.84 Å². The number of carbonyl (C=O) groups excluding carboxylic acids is 1. The number of aliphatic hydroxyl groups is 1. The van der Waals surface area contributed by atoms with Crippen molar-refractivity contribution < 1.29 is 23.1 Å². The number of hydrogen-bond donors (Lipinski definition) is 2. The minimum Gasteiger partial charge on any atom is -0.465 e. The second kappa shape index (κ2) is 6.47. The smallest absolute Gasteiger partial charge is 0.349 e. The van der Waals surface area contributed by atoms with Gasteiger partial charge in [-0.3, -0.25) is 0 Å². The van der Waals surface area contributed by atoms with Gasteiger partial charge >= 0.3 is 5.97 Å². The van der Waals surface area contributed by atoms with Crippen molar-refractivity contribution in [1.82, 2.24) is 4.72 Å². The molecular weight excluding hydrogens is 290 g/mol. The van der Waals surface area contributed by atoms with Crippen LogP contribution in [0.15, 0.2) is 16.3 Å². The first-order chi connectivity index (χ1) is 8.83. The third-order valence-electron chi connectivity index (χ3n) is 2.60. The van der Waals surface area contributed by atoms with E-state index in [-0.39, 0.29) is 22.3 Å². The summed E-state index contributed by atoms with van der Waals surface area (Å²) in [5.41, 5.74) is 0. The molecule has 19 heavy (non-hydrogen) atoms. The molecule has 0 spiro atoms. The molecule has 1 heterocycles. The van der Waals surface area contributed by atoms with Gasteiger partial charge in [0.05, 0.1) is 13.7 Å². The average molecular weight is 307 g/mol. The van der Waals surface area contributed by atoms with Gasteiger partial charge in [0.15, 0.2) is 0 Å². The van der Waals surface area contributed by atoms with Gasteiger partial charge in [-0.2, -0.15) is 0 Å². The molecule has 0 aliphatic rings. The standard InChI is InChI=1S/C11H17NO5S2/c1-7(2)8(6-13)12-19(15,16)9-4-5-18-10(9)11(14)17-3/h4-5,7-8,12-13H,6H2,1-3H3/t8-/m1/s1. The molecule has 0 aromatic carbocycles. The number of methoxy groups -OCH3 is 1. The second-order valence-electron chi connectivity index (χ2n) is 4.26. The zero-order valence-corrected chi connectivity index (χ0v) is 12.5. The lowest BCUT2D eigenvalue weighted by atomic mass is 10.1. The van der Waals surface area contributed by atoms with Crippen LogP contribution in [-0.4, -0.2) is 39.3 Å². The van der Waals surface area contributed by atoms with Crippen molar-refractivity contribution in [2.75, 3.05) is 13.7 Å². The Morgan fingerprint density at radius 3 is 2.63 bits per heavy atom. The molecule has 0 radical (unpaired) electrons. The highest BCUT2D eigenvalue weighted by Crippen LogP contribution is 2.23. The van der Waals surface area contributed by atoms with Gasteiger partial charge in [0.2, 0.25) is 10.0 Å². The summed E-state index contributed by atoms with van der Waals surface area (Å²) >= 11 is 0.996. The van der Waals surface area contributed by atoms with Crippen LogP contribution in [0.4, 0.5) is 0 Å². The second-order valence-corrected chi connectivity index (χ2v) is 6.86. The monoisotopic (exact) mass is 307 g/mol. The maximum absolute atomic E-state index is 12.2. The Morgan fingerprint density at radius 2 is 2.16 bits per heavy atom. The number of rotatable bonds is 6. The first kappa shape index (κ1) is 16.1. The number of nitrogens with one attached hydrogen (secondary N) is 1. The van der Waals surface area contributed by atoms with E-state index in [0.29, 0.717) is 0 Å². The van der Waals surface area contributed by atoms with Crippen molar-refractivity contribution in [3.8, 4) is 0 Å². The van der Waals surface area contributed by atoms with Gasteiger partial charge in [0.1, 0.15) is 9.77 Å². The van der Waals surface area contributed by atoms with Crippen LogP contribution in [0.5, 0.6) is 0 Å². The minimum atomic E-state index is -3.86. The number of aliphatic hydroxyl groups excluding tert-OH is 1. The van der Waals surface area contributed by atoms with Gasteiger partial charge in [-0.05, 0) is 17.4 Å². The zero-order chi connectivity index (χ0) is 14.6. The van der Waals surface area contributed by atoms with Gasteiger partial charge in [-0.25, -0.2) is 17.9 Å². The fraction of sp³-hybridized carbons (Fsp3) is 0.545. The molecule has 0 amide bonds. The maximum atomic E-state index is 12.2. The summed E-state index contributed by atoms with van der Waals surface area (Å²) in [6.07, 6.45) is 0. The van der Waals surface area contributed by atoms with Gasteiger partial charge in [0, 0.05) is 6.04 Å². The summed E-state index contributed by atoms with van der Waals surface area (Å²) in [5.74, 6) is -0.763. The van der Waals surface area contributed by atoms with Crippen LogP contribution in [0.2, 0.25) is 0 Å². The van der Waals surface area contributed by atoms with E-state index in [4.69, 9.17) is 5.11 Å². The van der Waals surface area contributed by atoms with Crippen molar-refractivity contribution >= 4 is 27.3 Å². The van der Waals surface area contributed by atoms with Crippen molar-refractivity contribution in [1.29, 1.82) is 0 Å². The van der Waals surface area contributed by atoms with Crippen LogP contribution < -0.4 is 4.72 Å². The molecule has 0 aliphatic heterocycles. The van der Waals surface area contributed by atoms with E-state index in [0.717, 1.165) is 11.3 Å². The predicted molar refractivity (Wildman–Crippen MR) is 71.7 cm³/mol. The van der Waals surface area contributed by atoms with Crippen molar-refractivity contribution in [2.45, 2.75) is 24.8 Å². The summed E-state index contributed by atoms with van der Waals surface area (Å²) < 4.78 is 31.3. The highest BCUT2D eigenvalue weighted by atomic mass is 32.2. The van der Waals surface area contributed by atoms with Gasteiger partial charge in [0.25, 0.3) is 0 Å². The molecule has 6 nitrogen and oxygen atoms in total. The Bertz CT molecular complexity index is 535. The molecule has 0 saturated carbocycles. The van der Waals surface area contributed by atoms with Crippen molar-refractivity contribution in [3.63, 3.8) is 0 Å². The first-order valence-electron chi connectivity index (χ1n) is 5.62. The predicted octanol–water partition coefficient (Wildman–Crippen LogP) is 0.830. The van der Waals surface area contributed by atoms with E-state index in [1.54, 1.807) is 13.8 Å². The molecular formula is C11H17NO5S2. The van der Waals surface area contributed by atoms with Crippen LogP contribution in [0.1, 0.15) is 23.5 Å². The lowest BCUT2D eigenvalue weighted by Crippen LogP contribution is -2.41. The number of hydrogen-bond acceptors (Lipinski definition) is 6. The zero-order valence-electron chi connectivity index (χ0n) is 10.9. The first-order valence-corrected chi connectivity index (χ1v) is 7.98. The Labute approximate surface area is 116 Å². The van der Waals surface area contributed by atoms with Crippen LogP contribution in [0.25, 0.3) is 0 Å². The molecule has 8 heteroatoms. The normalized spacial score (nSPS) is 13.5. The van der Waals surface area contributed by atoms with Crippen LogP contribution in [0, 0.1) is 5.92 Å². The van der Waals surface area contributed by atoms with Crippen molar-refractivity contribution in [3.05, 3.63) is 16.3 Å². The van der Waals surface area contributed by atoms with Crippen LogP contribution in [0.3, 0.4) is 0 Å². The molecule has 108 valence electrons. The summed E-state index contributed by atoms with van der Waals surface area (Å²) in [4.78, 5) is 11.4. The summed E-state index contributed by atoms with van der Waals surface area (Å²) in [7, 11) is -2.67. The average Bonchev–Trinajstić information content (AvgIpc) is 2.84. The summed E-state index contributed by atoms with van der Waals surface area (Å²) in [6, 6.07) is 0.740. The molecule has 0 bridgehead atoms. The van der Waals surface area contributed by atoms with E-state index >= 15 is 0 Å². The molecule has 1 atom stereocenters. The SMILES string of the molecule is COC(=O)c1sccc1S(=O)(=O)N[C@H](CO)C(C)C. The third-order valence-corrected chi connectivity index (χ3v) is 5.15. The number of carbonyl (C=O) groups is 1. The van der Waals surface area contributed by atoms with Crippen LogP contribution >= 0.6 is 11.3 Å². The number of sulfonamides is 1. The summed E-state index contributed by atoms with van der Waals surface area (Å²) in [6.45, 7) is 3.27. The highest BCUT2D eigenvalue weighted by Gasteiger charge is 2.27.